The van der Waals surface area contributed by atoms with Gasteiger partial charge < -0.3 is 9.64 Å². The van der Waals surface area contributed by atoms with E-state index < -0.39 is 11.1 Å². The first-order valence-electron chi connectivity index (χ1n) is 12.9. The van der Waals surface area contributed by atoms with Crippen LogP contribution in [-0.4, -0.2) is 24.6 Å². The molecular weight excluding hydrogens is 448 g/mol. The lowest BCUT2D eigenvalue weighted by Crippen LogP contribution is -2.58. The van der Waals surface area contributed by atoms with E-state index in [2.05, 4.69) is 91.6 Å². The van der Waals surface area contributed by atoms with Gasteiger partial charge in [0.2, 0.25) is 17.5 Å². The van der Waals surface area contributed by atoms with Gasteiger partial charge >= 0.3 is 0 Å². The molecule has 5 nitrogen and oxygen atoms in total. The number of imide groups is 1. The molecule has 190 valence electrons. The number of hydrogen-bond acceptors (Lipinski definition) is 4. The molecule has 0 aliphatic carbocycles. The first-order valence-corrected chi connectivity index (χ1v) is 12.9. The number of anilines is 2. The molecule has 3 heterocycles. The predicted molar refractivity (Wildman–Crippen MR) is 146 cm³/mol. The zero-order valence-corrected chi connectivity index (χ0v) is 23.1. The van der Waals surface area contributed by atoms with Crippen LogP contribution in [0.2, 0.25) is 0 Å². The monoisotopic (exact) mass is 486 g/mol. The van der Waals surface area contributed by atoms with Crippen LogP contribution >= 0.6 is 0 Å². The summed E-state index contributed by atoms with van der Waals surface area (Å²) in [5, 5.41) is 0. The lowest BCUT2D eigenvalue weighted by atomic mass is 9.74. The third-order valence-electron chi connectivity index (χ3n) is 8.26. The second-order valence-electron chi connectivity index (χ2n) is 13.1. The van der Waals surface area contributed by atoms with Gasteiger partial charge in [-0.05, 0) is 72.2 Å². The highest BCUT2D eigenvalue weighted by Gasteiger charge is 2.58. The number of likely N-dealkylation sites (N-methyl/N-ethyl adjacent to an activating group) is 1. The van der Waals surface area contributed by atoms with Crippen molar-refractivity contribution in [1.82, 2.24) is 0 Å². The molecule has 36 heavy (non-hydrogen) atoms. The van der Waals surface area contributed by atoms with Crippen molar-refractivity contribution in [1.29, 1.82) is 0 Å². The van der Waals surface area contributed by atoms with Crippen LogP contribution in [0.4, 0.5) is 11.4 Å². The summed E-state index contributed by atoms with van der Waals surface area (Å²) >= 11 is 0. The smallest absolute Gasteiger partial charge is 0.234 e. The average molecular weight is 487 g/mol. The van der Waals surface area contributed by atoms with Crippen molar-refractivity contribution in [3.8, 4) is 5.75 Å². The fourth-order valence-electron chi connectivity index (χ4n) is 5.90. The highest BCUT2D eigenvalue weighted by atomic mass is 16.5. The van der Waals surface area contributed by atoms with E-state index in [1.807, 2.05) is 18.2 Å². The quantitative estimate of drug-likeness (QED) is 0.434. The van der Waals surface area contributed by atoms with Gasteiger partial charge in [-0.3, -0.25) is 14.5 Å². The topological polar surface area (TPSA) is 49.9 Å². The second-order valence-corrected chi connectivity index (χ2v) is 13.1. The number of benzene rings is 2. The summed E-state index contributed by atoms with van der Waals surface area (Å²) in [7, 11) is 2.06. The maximum atomic E-state index is 12.4. The maximum Gasteiger partial charge on any atom is 0.234 e. The first-order chi connectivity index (χ1) is 16.6. The molecule has 2 aromatic rings. The van der Waals surface area contributed by atoms with Gasteiger partial charge in [0.05, 0.1) is 11.1 Å². The number of amides is 2. The Kier molecular flexibility index (Phi) is 5.11. The number of rotatable bonds is 1. The summed E-state index contributed by atoms with van der Waals surface area (Å²) in [5.74, 6) is 0.660. The maximum absolute atomic E-state index is 12.4. The molecule has 3 aliphatic rings. The molecule has 0 N–H and O–H groups in total. The lowest BCUT2D eigenvalue weighted by Gasteiger charge is -2.47. The molecular formula is C31H38N2O3. The molecule has 2 amide bonds. The molecule has 1 fully saturated rings. The van der Waals surface area contributed by atoms with E-state index in [4.69, 9.17) is 4.74 Å². The summed E-state index contributed by atoms with van der Waals surface area (Å²) in [6, 6.07) is 10.5. The van der Waals surface area contributed by atoms with Crippen molar-refractivity contribution in [2.24, 2.45) is 0 Å². The fourth-order valence-corrected chi connectivity index (χ4v) is 5.90. The minimum absolute atomic E-state index is 0.0263. The molecule has 1 spiro atoms. The van der Waals surface area contributed by atoms with Crippen LogP contribution in [-0.2, 0) is 25.8 Å². The van der Waals surface area contributed by atoms with Crippen molar-refractivity contribution in [2.75, 3.05) is 16.8 Å². The highest BCUT2D eigenvalue weighted by Crippen LogP contribution is 2.56. The molecule has 0 radical (unpaired) electrons. The number of carbonyl (C=O) groups is 2. The Bertz CT molecular complexity index is 1310. The molecule has 1 unspecified atom stereocenters. The number of fused-ring (bicyclic) bond motifs is 2. The van der Waals surface area contributed by atoms with Gasteiger partial charge in [-0.2, -0.15) is 0 Å². The van der Waals surface area contributed by atoms with Crippen LogP contribution in [0.1, 0.15) is 90.5 Å². The van der Waals surface area contributed by atoms with E-state index in [0.29, 0.717) is 5.69 Å². The van der Waals surface area contributed by atoms with Gasteiger partial charge in [-0.25, -0.2) is 0 Å². The highest BCUT2D eigenvalue weighted by molar-refractivity contribution is 6.20. The van der Waals surface area contributed by atoms with Gasteiger partial charge in [-0.1, -0.05) is 47.6 Å². The molecule has 5 heteroatoms. The standard InChI is InChI=1S/C31H38N2O3/c1-28(2,3)20-16-19-14-15-31(36-27(19)23(17-20)29(4,5)6)30(7,8)22-18-21(10-11-24(22)32(31)9)33-25(34)12-13-26(33)35/h10-11,14-18H,12-13H2,1-9H3. The summed E-state index contributed by atoms with van der Waals surface area (Å²) in [6.45, 7) is 17.8. The molecule has 1 atom stereocenters. The van der Waals surface area contributed by atoms with Crippen LogP contribution in [0.25, 0.3) is 6.08 Å². The average Bonchev–Trinajstić information content (AvgIpc) is 3.19. The molecule has 0 bridgehead atoms. The van der Waals surface area contributed by atoms with Crippen molar-refractivity contribution in [3.05, 3.63) is 58.7 Å². The molecule has 0 aromatic heterocycles. The van der Waals surface area contributed by atoms with Crippen LogP contribution in [0.15, 0.2) is 36.4 Å². The summed E-state index contributed by atoms with van der Waals surface area (Å²) in [5.41, 5.74) is 5.07. The number of hydrogen-bond donors (Lipinski definition) is 0. The van der Waals surface area contributed by atoms with Crippen molar-refractivity contribution < 1.29 is 14.3 Å². The van der Waals surface area contributed by atoms with Crippen LogP contribution < -0.4 is 14.5 Å². The second kappa shape index (κ2) is 7.47. The summed E-state index contributed by atoms with van der Waals surface area (Å²) in [6.07, 6.45) is 4.94. The minimum Gasteiger partial charge on any atom is -0.462 e. The Morgan fingerprint density at radius 2 is 1.53 bits per heavy atom. The van der Waals surface area contributed by atoms with Crippen LogP contribution in [0, 0.1) is 0 Å². The summed E-state index contributed by atoms with van der Waals surface area (Å²) in [4.78, 5) is 28.4. The lowest BCUT2D eigenvalue weighted by molar-refractivity contribution is -0.121. The third-order valence-corrected chi connectivity index (χ3v) is 8.26. The molecule has 5 rings (SSSR count). The predicted octanol–water partition coefficient (Wildman–Crippen LogP) is 6.46. The minimum atomic E-state index is -0.747. The van der Waals surface area contributed by atoms with Gasteiger partial charge in [0, 0.05) is 36.7 Å². The van der Waals surface area contributed by atoms with Crippen LogP contribution in [0.3, 0.4) is 0 Å². The Morgan fingerprint density at radius 3 is 2.11 bits per heavy atom. The zero-order chi connectivity index (χ0) is 26.4. The largest absolute Gasteiger partial charge is 0.462 e. The van der Waals surface area contributed by atoms with E-state index in [1.165, 1.54) is 16.0 Å². The Hall–Kier alpha value is -3.08. The van der Waals surface area contributed by atoms with Crippen molar-refractivity contribution >= 4 is 29.3 Å². The Morgan fingerprint density at radius 1 is 0.889 bits per heavy atom. The van der Waals surface area contributed by atoms with E-state index in [1.54, 1.807) is 0 Å². The molecule has 3 aliphatic heterocycles. The molecule has 0 saturated carbocycles. The number of nitrogens with zero attached hydrogens (tertiary/aromatic N) is 2. The normalized spacial score (nSPS) is 22.8. The van der Waals surface area contributed by atoms with E-state index in [0.717, 1.165) is 22.6 Å². The van der Waals surface area contributed by atoms with Gasteiger partial charge in [-0.15, -0.1) is 0 Å². The Balaban J connectivity index is 1.64. The fraction of sp³-hybridized carbons (Fsp3) is 0.484. The zero-order valence-electron chi connectivity index (χ0n) is 23.1. The number of ether oxygens (including phenoxy) is 1. The van der Waals surface area contributed by atoms with E-state index in [-0.39, 0.29) is 35.5 Å². The summed E-state index contributed by atoms with van der Waals surface area (Å²) < 4.78 is 7.11. The molecule has 1 saturated heterocycles. The SMILES string of the molecule is CN1c2ccc(N3C(=O)CCC3=O)cc2C(C)(C)C12C=Cc1cc(C(C)(C)C)cc(C(C)(C)C)c1O2. The number of carbonyl (C=O) groups excluding carboxylic acids is 2. The Labute approximate surface area is 215 Å². The van der Waals surface area contributed by atoms with Gasteiger partial charge in [0.25, 0.3) is 0 Å². The van der Waals surface area contributed by atoms with E-state index >= 15 is 0 Å². The van der Waals surface area contributed by atoms with Gasteiger partial charge in [0.1, 0.15) is 5.75 Å². The first kappa shape index (κ1) is 24.6. The van der Waals surface area contributed by atoms with Gasteiger partial charge in [0.15, 0.2) is 0 Å². The molecule has 2 aromatic carbocycles. The van der Waals surface area contributed by atoms with E-state index in [9.17, 15) is 9.59 Å². The van der Waals surface area contributed by atoms with Crippen molar-refractivity contribution in [3.63, 3.8) is 0 Å². The van der Waals surface area contributed by atoms with Crippen LogP contribution in [0.5, 0.6) is 5.75 Å². The third kappa shape index (κ3) is 3.35. The van der Waals surface area contributed by atoms with Crippen molar-refractivity contribution in [2.45, 2.75) is 90.2 Å².